The number of hydrogen-bond donors (Lipinski definition) is 1. The maximum Gasteiger partial charge on any atom is 0.230 e. The summed E-state index contributed by atoms with van der Waals surface area (Å²) >= 11 is 1.71. The van der Waals surface area contributed by atoms with E-state index in [1.807, 2.05) is 6.20 Å². The summed E-state index contributed by atoms with van der Waals surface area (Å²) in [4.78, 5) is 24.3. The molecule has 0 unspecified atom stereocenters. The van der Waals surface area contributed by atoms with Gasteiger partial charge in [0.15, 0.2) is 5.13 Å². The molecule has 230 valence electrons. The number of rotatable bonds is 8. The zero-order valence-corrected chi connectivity index (χ0v) is 26.4. The van der Waals surface area contributed by atoms with Crippen molar-refractivity contribution < 1.29 is 19.4 Å². The number of carbonyl (C=O) groups is 1. The van der Waals surface area contributed by atoms with Gasteiger partial charge in [-0.1, -0.05) is 35.6 Å². The van der Waals surface area contributed by atoms with Gasteiger partial charge < -0.3 is 24.4 Å². The summed E-state index contributed by atoms with van der Waals surface area (Å²) < 4.78 is 11.0. The molecule has 0 radical (unpaired) electrons. The molecule has 0 atom stereocenters. The highest BCUT2D eigenvalue weighted by Gasteiger charge is 2.32. The molecule has 1 N–H and O–H groups in total. The Labute approximate surface area is 259 Å². The SMILES string of the molecule is COc1ccc([C@H]2CC[C@H](CN(c3cccc(-c4cnc(N5CCOCC5)s4)c3)C(=O)[C@H]3CC[C@H](O)CC3)CC2)cc1C. The first-order valence-corrected chi connectivity index (χ1v) is 16.8. The topological polar surface area (TPSA) is 75.1 Å². The van der Waals surface area contributed by atoms with E-state index >= 15 is 0 Å². The molecule has 1 amide bonds. The summed E-state index contributed by atoms with van der Waals surface area (Å²) in [5.74, 6) is 2.16. The fourth-order valence-corrected chi connectivity index (χ4v) is 8.05. The summed E-state index contributed by atoms with van der Waals surface area (Å²) in [5.41, 5.74) is 4.67. The van der Waals surface area contributed by atoms with E-state index in [0.717, 1.165) is 98.4 Å². The highest BCUT2D eigenvalue weighted by molar-refractivity contribution is 7.18. The largest absolute Gasteiger partial charge is 0.496 e. The molecule has 6 rings (SSSR count). The number of ether oxygens (including phenoxy) is 2. The van der Waals surface area contributed by atoms with Crippen molar-refractivity contribution in [1.29, 1.82) is 0 Å². The second-order valence-electron chi connectivity index (χ2n) is 12.6. The van der Waals surface area contributed by atoms with E-state index in [-0.39, 0.29) is 17.9 Å². The Balaban J connectivity index is 1.19. The van der Waals surface area contributed by atoms with Crippen LogP contribution in [0.3, 0.4) is 0 Å². The Hall–Kier alpha value is -2.94. The van der Waals surface area contributed by atoms with Crippen LogP contribution in [0.2, 0.25) is 0 Å². The minimum absolute atomic E-state index is 0.0259. The van der Waals surface area contributed by atoms with E-state index in [0.29, 0.717) is 24.7 Å². The van der Waals surface area contributed by atoms with Gasteiger partial charge >= 0.3 is 0 Å². The van der Waals surface area contributed by atoms with Gasteiger partial charge in [-0.2, -0.15) is 0 Å². The standard InChI is InChI=1S/C35H45N3O4S/c1-24-20-28(12-15-32(24)41-2)26-8-6-25(7-9-26)23-38(34(40)27-10-13-31(39)14-11-27)30-5-3-4-29(21-30)33-22-36-35(43-33)37-16-18-42-19-17-37/h3-5,12,15,20-22,25-27,31,39H,6-11,13-14,16-19,23H2,1-2H3/t25-,26-,27-,31-. The molecule has 1 aromatic heterocycles. The van der Waals surface area contributed by atoms with Crippen LogP contribution in [0.1, 0.15) is 68.4 Å². The molecule has 1 saturated heterocycles. The van der Waals surface area contributed by atoms with Gasteiger partial charge in [-0.3, -0.25) is 4.79 Å². The van der Waals surface area contributed by atoms with Gasteiger partial charge in [0, 0.05) is 37.4 Å². The third-order valence-electron chi connectivity index (χ3n) is 9.71. The molecule has 8 heteroatoms. The number of carbonyl (C=O) groups excluding carboxylic acids is 1. The van der Waals surface area contributed by atoms with E-state index in [9.17, 15) is 9.90 Å². The summed E-state index contributed by atoms with van der Waals surface area (Å²) in [5, 5.41) is 11.1. The first kappa shape index (κ1) is 30.1. The van der Waals surface area contributed by atoms with Crippen LogP contribution >= 0.6 is 11.3 Å². The minimum atomic E-state index is -0.273. The second kappa shape index (κ2) is 13.8. The summed E-state index contributed by atoms with van der Waals surface area (Å²) in [6, 6.07) is 15.1. The molecule has 43 heavy (non-hydrogen) atoms. The number of amides is 1. The van der Waals surface area contributed by atoms with Crippen molar-refractivity contribution >= 4 is 28.1 Å². The van der Waals surface area contributed by atoms with Crippen LogP contribution in [-0.4, -0.2) is 62.1 Å². The number of methoxy groups -OCH3 is 1. The number of hydrogen-bond acceptors (Lipinski definition) is 7. The molecule has 2 aromatic carbocycles. The molecule has 2 aliphatic carbocycles. The zero-order valence-electron chi connectivity index (χ0n) is 25.5. The van der Waals surface area contributed by atoms with Crippen molar-refractivity contribution in [3.8, 4) is 16.2 Å². The fraction of sp³-hybridized carbons (Fsp3) is 0.543. The van der Waals surface area contributed by atoms with Crippen molar-refractivity contribution in [2.24, 2.45) is 11.8 Å². The van der Waals surface area contributed by atoms with Gasteiger partial charge in [-0.05, 0) is 105 Å². The molecule has 1 aliphatic heterocycles. The van der Waals surface area contributed by atoms with Crippen LogP contribution in [0, 0.1) is 18.8 Å². The van der Waals surface area contributed by atoms with Crippen molar-refractivity contribution in [1.82, 2.24) is 4.98 Å². The Bertz CT molecular complexity index is 1370. The Kier molecular flexibility index (Phi) is 9.65. The van der Waals surface area contributed by atoms with Gasteiger partial charge in [0.05, 0.1) is 31.3 Å². The van der Waals surface area contributed by atoms with E-state index in [4.69, 9.17) is 14.5 Å². The van der Waals surface area contributed by atoms with Gasteiger partial charge in [0.1, 0.15) is 5.75 Å². The molecular weight excluding hydrogens is 558 g/mol. The third-order valence-corrected chi connectivity index (χ3v) is 10.8. The molecule has 3 fully saturated rings. The molecule has 2 heterocycles. The van der Waals surface area contributed by atoms with Crippen LogP contribution in [0.5, 0.6) is 5.75 Å². The summed E-state index contributed by atoms with van der Waals surface area (Å²) in [6.07, 6.45) is 9.13. The van der Waals surface area contributed by atoms with E-state index in [2.05, 4.69) is 59.2 Å². The molecular formula is C35H45N3O4S. The first-order valence-electron chi connectivity index (χ1n) is 16.0. The number of aromatic nitrogens is 1. The average Bonchev–Trinajstić information content (AvgIpc) is 3.55. The molecule has 0 spiro atoms. The third kappa shape index (κ3) is 7.08. The lowest BCUT2D eigenvalue weighted by atomic mass is 9.78. The van der Waals surface area contributed by atoms with Gasteiger partial charge in [0.25, 0.3) is 0 Å². The van der Waals surface area contributed by atoms with Crippen LogP contribution < -0.4 is 14.5 Å². The number of morpholine rings is 1. The normalized spacial score (nSPS) is 24.5. The van der Waals surface area contributed by atoms with Gasteiger partial charge in [0.2, 0.25) is 5.91 Å². The Morgan fingerprint density at radius 1 is 1.05 bits per heavy atom. The minimum Gasteiger partial charge on any atom is -0.496 e. The number of aryl methyl sites for hydroxylation is 1. The highest BCUT2D eigenvalue weighted by Crippen LogP contribution is 2.39. The molecule has 3 aliphatic rings. The number of nitrogens with zero attached hydrogens (tertiary/aromatic N) is 3. The zero-order chi connectivity index (χ0) is 29.8. The molecule has 2 saturated carbocycles. The number of thiazole rings is 1. The van der Waals surface area contributed by atoms with Crippen LogP contribution in [0.4, 0.5) is 10.8 Å². The predicted octanol–water partition coefficient (Wildman–Crippen LogP) is 6.82. The molecule has 7 nitrogen and oxygen atoms in total. The van der Waals surface area contributed by atoms with E-state index < -0.39 is 0 Å². The monoisotopic (exact) mass is 603 g/mol. The number of aliphatic hydroxyl groups excluding tert-OH is 1. The number of aliphatic hydroxyl groups is 1. The average molecular weight is 604 g/mol. The van der Waals surface area contributed by atoms with Crippen molar-refractivity contribution in [3.05, 3.63) is 59.8 Å². The lowest BCUT2D eigenvalue weighted by molar-refractivity contribution is -0.124. The van der Waals surface area contributed by atoms with Crippen molar-refractivity contribution in [2.75, 3.05) is 49.8 Å². The van der Waals surface area contributed by atoms with Crippen LogP contribution in [0.25, 0.3) is 10.4 Å². The fourth-order valence-electron chi connectivity index (χ4n) is 7.08. The second-order valence-corrected chi connectivity index (χ2v) is 13.6. The quantitative estimate of drug-likeness (QED) is 0.305. The predicted molar refractivity (Wildman–Crippen MR) is 173 cm³/mol. The van der Waals surface area contributed by atoms with Crippen LogP contribution in [-0.2, 0) is 9.53 Å². The lowest BCUT2D eigenvalue weighted by Gasteiger charge is -2.36. The first-order chi connectivity index (χ1) is 21.0. The van der Waals surface area contributed by atoms with Crippen LogP contribution in [0.15, 0.2) is 48.7 Å². The molecule has 0 bridgehead atoms. The smallest absolute Gasteiger partial charge is 0.230 e. The van der Waals surface area contributed by atoms with E-state index in [1.54, 1.807) is 18.4 Å². The summed E-state index contributed by atoms with van der Waals surface area (Å²) in [6.45, 7) is 6.07. The Morgan fingerprint density at radius 2 is 1.81 bits per heavy atom. The van der Waals surface area contributed by atoms with Gasteiger partial charge in [-0.15, -0.1) is 0 Å². The lowest BCUT2D eigenvalue weighted by Crippen LogP contribution is -2.41. The highest BCUT2D eigenvalue weighted by atomic mass is 32.1. The summed E-state index contributed by atoms with van der Waals surface area (Å²) in [7, 11) is 1.73. The maximum atomic E-state index is 14.1. The Morgan fingerprint density at radius 3 is 2.53 bits per heavy atom. The number of benzene rings is 2. The van der Waals surface area contributed by atoms with Crippen molar-refractivity contribution in [2.45, 2.75) is 70.3 Å². The van der Waals surface area contributed by atoms with E-state index in [1.165, 1.54) is 11.1 Å². The maximum absolute atomic E-state index is 14.1. The molecule has 3 aromatic rings. The van der Waals surface area contributed by atoms with Crippen molar-refractivity contribution in [3.63, 3.8) is 0 Å². The number of anilines is 2. The van der Waals surface area contributed by atoms with Gasteiger partial charge in [-0.25, -0.2) is 4.98 Å².